The van der Waals surface area contributed by atoms with Crippen LogP contribution in [0, 0.1) is 5.92 Å². The van der Waals surface area contributed by atoms with E-state index in [1.807, 2.05) is 0 Å². The van der Waals surface area contributed by atoms with Crippen LogP contribution in [0.4, 0.5) is 0 Å². The fourth-order valence-electron chi connectivity index (χ4n) is 1.02. The lowest BCUT2D eigenvalue weighted by molar-refractivity contribution is 0.114. The Bertz CT molecular complexity index is 118. The van der Waals surface area contributed by atoms with Crippen LogP contribution in [0.1, 0.15) is 20.8 Å². The van der Waals surface area contributed by atoms with Gasteiger partial charge in [-0.05, 0) is 26.1 Å². The first-order chi connectivity index (χ1) is 6.66. The molecule has 0 amide bonds. The van der Waals surface area contributed by atoms with Crippen LogP contribution in [0.5, 0.6) is 0 Å². The molecule has 0 rings (SSSR count). The number of nitrogens with one attached hydrogen (secondary N) is 1. The van der Waals surface area contributed by atoms with Crippen molar-refractivity contribution in [3.63, 3.8) is 0 Å². The van der Waals surface area contributed by atoms with Crippen molar-refractivity contribution < 1.29 is 4.74 Å². The third-order valence-electron chi connectivity index (χ3n) is 2.13. The molecule has 0 aromatic rings. The lowest BCUT2D eigenvalue weighted by Crippen LogP contribution is -2.26. The van der Waals surface area contributed by atoms with Gasteiger partial charge in [-0.1, -0.05) is 20.8 Å². The largest absolute Gasteiger partial charge is 0.379 e. The Morgan fingerprint density at radius 3 is 2.57 bits per heavy atom. The average Bonchev–Trinajstić information content (AvgIpc) is 2.15. The van der Waals surface area contributed by atoms with Crippen LogP contribution in [0.15, 0.2) is 0 Å². The van der Waals surface area contributed by atoms with Crippen LogP contribution in [-0.2, 0) is 4.74 Å². The van der Waals surface area contributed by atoms with E-state index in [1.165, 1.54) is 0 Å². The van der Waals surface area contributed by atoms with Crippen molar-refractivity contribution in [2.24, 2.45) is 5.92 Å². The molecule has 0 aliphatic heterocycles. The first-order valence-electron chi connectivity index (χ1n) is 5.63. The van der Waals surface area contributed by atoms with Gasteiger partial charge >= 0.3 is 0 Å². The van der Waals surface area contributed by atoms with E-state index in [-0.39, 0.29) is 0 Å². The molecule has 0 aliphatic carbocycles. The zero-order chi connectivity index (χ0) is 10.8. The number of nitrogens with zero attached hydrogens (tertiary/aromatic N) is 1. The number of hydrogen-bond acceptors (Lipinski definition) is 3. The van der Waals surface area contributed by atoms with Crippen LogP contribution in [0.2, 0.25) is 0 Å². The van der Waals surface area contributed by atoms with Crippen molar-refractivity contribution in [1.82, 2.24) is 10.2 Å². The van der Waals surface area contributed by atoms with Gasteiger partial charge in [0, 0.05) is 13.1 Å². The molecule has 0 aliphatic rings. The van der Waals surface area contributed by atoms with Crippen LogP contribution >= 0.6 is 0 Å². The topological polar surface area (TPSA) is 24.5 Å². The third kappa shape index (κ3) is 9.96. The first-order valence-corrected chi connectivity index (χ1v) is 5.63. The quantitative estimate of drug-likeness (QED) is 0.569. The molecule has 0 saturated heterocycles. The predicted molar refractivity (Wildman–Crippen MR) is 61.7 cm³/mol. The lowest BCUT2D eigenvalue weighted by Gasteiger charge is -2.13. The third-order valence-corrected chi connectivity index (χ3v) is 2.13. The Labute approximate surface area is 88.8 Å². The van der Waals surface area contributed by atoms with E-state index in [2.05, 4.69) is 38.0 Å². The van der Waals surface area contributed by atoms with Crippen molar-refractivity contribution in [3.8, 4) is 0 Å². The van der Waals surface area contributed by atoms with Crippen molar-refractivity contribution in [2.45, 2.75) is 20.8 Å². The average molecular weight is 202 g/mol. The molecule has 0 fully saturated rings. The van der Waals surface area contributed by atoms with Gasteiger partial charge in [-0.2, -0.15) is 0 Å². The zero-order valence-corrected chi connectivity index (χ0v) is 10.2. The van der Waals surface area contributed by atoms with E-state index in [1.54, 1.807) is 0 Å². The standard InChI is InChI=1S/C11H26N2O/c1-5-13(4)7-9-14-8-6-12-10-11(2)3/h11-12H,5-10H2,1-4H3. The van der Waals surface area contributed by atoms with Crippen molar-refractivity contribution in [1.29, 1.82) is 0 Å². The highest BCUT2D eigenvalue weighted by molar-refractivity contribution is 4.50. The highest BCUT2D eigenvalue weighted by Gasteiger charge is 1.95. The molecule has 0 heterocycles. The van der Waals surface area contributed by atoms with Crippen molar-refractivity contribution in [2.75, 3.05) is 46.4 Å². The zero-order valence-electron chi connectivity index (χ0n) is 10.2. The van der Waals surface area contributed by atoms with Gasteiger partial charge in [0.1, 0.15) is 0 Å². The van der Waals surface area contributed by atoms with Gasteiger partial charge in [0.25, 0.3) is 0 Å². The normalized spacial score (nSPS) is 11.6. The molecule has 0 radical (unpaired) electrons. The molecule has 1 N–H and O–H groups in total. The number of hydrogen-bond donors (Lipinski definition) is 1. The predicted octanol–water partition coefficient (Wildman–Crippen LogP) is 1.20. The molecule has 0 saturated carbocycles. The second-order valence-corrected chi connectivity index (χ2v) is 4.11. The SMILES string of the molecule is CCN(C)CCOCCNCC(C)C. The number of likely N-dealkylation sites (N-methyl/N-ethyl adjacent to an activating group) is 1. The Kier molecular flexibility index (Phi) is 9.35. The first kappa shape index (κ1) is 13.9. The summed E-state index contributed by atoms with van der Waals surface area (Å²) in [6.45, 7) is 12.4. The molecule has 3 nitrogen and oxygen atoms in total. The molecule has 0 aromatic heterocycles. The van der Waals surface area contributed by atoms with Gasteiger partial charge in [0.2, 0.25) is 0 Å². The van der Waals surface area contributed by atoms with Gasteiger partial charge in [-0.15, -0.1) is 0 Å². The fourth-order valence-corrected chi connectivity index (χ4v) is 1.02. The summed E-state index contributed by atoms with van der Waals surface area (Å²) >= 11 is 0. The fraction of sp³-hybridized carbons (Fsp3) is 1.00. The summed E-state index contributed by atoms with van der Waals surface area (Å²) in [5.74, 6) is 0.723. The van der Waals surface area contributed by atoms with Crippen molar-refractivity contribution >= 4 is 0 Å². The minimum atomic E-state index is 0.723. The van der Waals surface area contributed by atoms with E-state index in [9.17, 15) is 0 Å². The van der Waals surface area contributed by atoms with Crippen LogP contribution in [-0.4, -0.2) is 51.3 Å². The molecule has 0 unspecified atom stereocenters. The maximum Gasteiger partial charge on any atom is 0.0593 e. The van der Waals surface area contributed by atoms with E-state index < -0.39 is 0 Å². The molecule has 3 heteroatoms. The van der Waals surface area contributed by atoms with E-state index in [4.69, 9.17) is 4.74 Å². The number of rotatable bonds is 9. The Hall–Kier alpha value is -0.120. The summed E-state index contributed by atoms with van der Waals surface area (Å²) in [6.07, 6.45) is 0. The highest BCUT2D eigenvalue weighted by Crippen LogP contribution is 1.86. The van der Waals surface area contributed by atoms with Gasteiger partial charge in [-0.3, -0.25) is 0 Å². The summed E-state index contributed by atoms with van der Waals surface area (Å²) in [5, 5.41) is 3.35. The van der Waals surface area contributed by atoms with Gasteiger partial charge in [0.15, 0.2) is 0 Å². The Morgan fingerprint density at radius 1 is 1.29 bits per heavy atom. The summed E-state index contributed by atoms with van der Waals surface area (Å²) < 4.78 is 5.48. The van der Waals surface area contributed by atoms with Gasteiger partial charge in [0.05, 0.1) is 13.2 Å². The highest BCUT2D eigenvalue weighted by atomic mass is 16.5. The molecule has 0 bridgehead atoms. The maximum absolute atomic E-state index is 5.48. The van der Waals surface area contributed by atoms with E-state index >= 15 is 0 Å². The molecular formula is C11H26N2O. The smallest absolute Gasteiger partial charge is 0.0593 e. The monoisotopic (exact) mass is 202 g/mol. The second kappa shape index (κ2) is 9.44. The second-order valence-electron chi connectivity index (χ2n) is 4.11. The van der Waals surface area contributed by atoms with Crippen molar-refractivity contribution in [3.05, 3.63) is 0 Å². The van der Waals surface area contributed by atoms with Crippen LogP contribution in [0.25, 0.3) is 0 Å². The minimum absolute atomic E-state index is 0.723. The molecular weight excluding hydrogens is 176 g/mol. The Morgan fingerprint density at radius 2 is 2.00 bits per heavy atom. The molecule has 0 aromatic carbocycles. The molecule has 0 spiro atoms. The van der Waals surface area contributed by atoms with Crippen LogP contribution < -0.4 is 5.32 Å². The van der Waals surface area contributed by atoms with Gasteiger partial charge < -0.3 is 15.0 Å². The van der Waals surface area contributed by atoms with Gasteiger partial charge in [-0.25, -0.2) is 0 Å². The maximum atomic E-state index is 5.48. The summed E-state index contributed by atoms with van der Waals surface area (Å²) in [7, 11) is 2.11. The number of ether oxygens (including phenoxy) is 1. The van der Waals surface area contributed by atoms with Crippen LogP contribution in [0.3, 0.4) is 0 Å². The Balaban J connectivity index is 2.99. The molecule has 0 atom stereocenters. The summed E-state index contributed by atoms with van der Waals surface area (Å²) in [6, 6.07) is 0. The molecule has 86 valence electrons. The summed E-state index contributed by atoms with van der Waals surface area (Å²) in [5.41, 5.74) is 0. The minimum Gasteiger partial charge on any atom is -0.379 e. The van der Waals surface area contributed by atoms with E-state index in [0.717, 1.165) is 45.3 Å². The molecule has 14 heavy (non-hydrogen) atoms. The summed E-state index contributed by atoms with van der Waals surface area (Å²) in [4.78, 5) is 2.25. The lowest BCUT2D eigenvalue weighted by atomic mass is 10.2. The van der Waals surface area contributed by atoms with E-state index in [0.29, 0.717) is 0 Å².